The molecule has 2 aliphatic rings. The molecule has 2 aliphatic carbocycles. The second kappa shape index (κ2) is 18.5. The normalized spacial score (nSPS) is 22.9. The van der Waals surface area contributed by atoms with E-state index in [9.17, 15) is 24.3 Å². The first-order valence-electron chi connectivity index (χ1n) is 16.6. The van der Waals surface area contributed by atoms with Crippen molar-refractivity contribution in [2.24, 2.45) is 35.3 Å². The van der Waals surface area contributed by atoms with Gasteiger partial charge in [0.2, 0.25) is 23.6 Å². The molecule has 2 rings (SSSR count). The number of aliphatic hydroxyl groups is 1. The number of nitrogens with zero attached hydrogens (tertiary/aromatic N) is 2. The third-order valence-corrected chi connectivity index (χ3v) is 8.93. The highest BCUT2D eigenvalue weighted by Gasteiger charge is 2.40. The molecule has 0 bridgehead atoms. The van der Waals surface area contributed by atoms with Crippen LogP contribution in [0.15, 0.2) is 0 Å². The molecule has 5 atom stereocenters. The number of hydrogen-bond donors (Lipinski definition) is 4. The lowest BCUT2D eigenvalue weighted by Gasteiger charge is -2.37. The molecule has 2 fully saturated rings. The van der Waals surface area contributed by atoms with Crippen LogP contribution in [0.25, 0.3) is 0 Å². The van der Waals surface area contributed by atoms with Crippen LogP contribution >= 0.6 is 0 Å². The molecule has 4 amide bonds. The minimum absolute atomic E-state index is 0.00246. The maximum Gasteiger partial charge on any atom is 0.236 e. The smallest absolute Gasteiger partial charge is 0.236 e. The molecule has 10 nitrogen and oxygen atoms in total. The summed E-state index contributed by atoms with van der Waals surface area (Å²) >= 11 is 0. The minimum Gasteiger partial charge on any atom is -0.390 e. The number of nitrogens with two attached hydrogens (primary N) is 1. The van der Waals surface area contributed by atoms with E-state index >= 15 is 0 Å². The van der Waals surface area contributed by atoms with Crippen molar-refractivity contribution in [3.05, 3.63) is 0 Å². The van der Waals surface area contributed by atoms with Gasteiger partial charge in [-0.1, -0.05) is 66.7 Å². The SMILES string of the molecule is CCCN(CC(O)C(CC1CCCCC1)NC(=O)C1CC(C(N)=O)CC(C(=O)N(CCC)CCC)C1)NC(=O)C(C)C. The first-order chi connectivity index (χ1) is 20.0. The predicted octanol–water partition coefficient (Wildman–Crippen LogP) is 3.37. The van der Waals surface area contributed by atoms with Crippen LogP contribution in [0.5, 0.6) is 0 Å². The van der Waals surface area contributed by atoms with Crippen molar-refractivity contribution in [1.82, 2.24) is 20.7 Å². The summed E-state index contributed by atoms with van der Waals surface area (Å²) in [6, 6.07) is -0.504. The molecular weight excluding hydrogens is 534 g/mol. The van der Waals surface area contributed by atoms with E-state index in [1.165, 1.54) is 6.42 Å². The Kier molecular flexibility index (Phi) is 15.8. The summed E-state index contributed by atoms with van der Waals surface area (Å²) in [5.41, 5.74) is 8.65. The van der Waals surface area contributed by atoms with E-state index in [0.29, 0.717) is 51.2 Å². The number of hydrazine groups is 1. The Morgan fingerprint density at radius 2 is 1.43 bits per heavy atom. The van der Waals surface area contributed by atoms with E-state index in [4.69, 9.17) is 5.73 Å². The second-order valence-electron chi connectivity index (χ2n) is 13.0. The van der Waals surface area contributed by atoms with Gasteiger partial charge in [0, 0.05) is 49.9 Å². The zero-order chi connectivity index (χ0) is 31.2. The number of carbonyl (C=O) groups excluding carboxylic acids is 4. The maximum absolute atomic E-state index is 13.8. The second-order valence-corrected chi connectivity index (χ2v) is 13.0. The van der Waals surface area contributed by atoms with E-state index in [0.717, 1.165) is 44.9 Å². The van der Waals surface area contributed by atoms with Gasteiger partial charge in [0.15, 0.2) is 0 Å². The molecule has 42 heavy (non-hydrogen) atoms. The fraction of sp³-hybridized carbons (Fsp3) is 0.875. The highest BCUT2D eigenvalue weighted by Crippen LogP contribution is 2.35. The number of carbonyl (C=O) groups is 4. The molecule has 242 valence electrons. The largest absolute Gasteiger partial charge is 0.390 e. The molecular formula is C32H59N5O5. The van der Waals surface area contributed by atoms with Gasteiger partial charge in [-0.15, -0.1) is 0 Å². The molecule has 0 radical (unpaired) electrons. The molecule has 10 heteroatoms. The lowest BCUT2D eigenvalue weighted by Crippen LogP contribution is -2.55. The monoisotopic (exact) mass is 593 g/mol. The van der Waals surface area contributed by atoms with Gasteiger partial charge >= 0.3 is 0 Å². The molecule has 5 unspecified atom stereocenters. The fourth-order valence-electron chi connectivity index (χ4n) is 6.59. The van der Waals surface area contributed by atoms with Crippen molar-refractivity contribution in [2.45, 2.75) is 124 Å². The van der Waals surface area contributed by atoms with E-state index in [1.54, 1.807) is 5.01 Å². The Morgan fingerprint density at radius 3 is 1.98 bits per heavy atom. The minimum atomic E-state index is -0.896. The Balaban J connectivity index is 2.22. The quantitative estimate of drug-likeness (QED) is 0.190. The van der Waals surface area contributed by atoms with Gasteiger partial charge in [-0.3, -0.25) is 24.6 Å². The number of rotatable bonds is 17. The van der Waals surface area contributed by atoms with Crippen molar-refractivity contribution in [2.75, 3.05) is 26.2 Å². The fourth-order valence-corrected chi connectivity index (χ4v) is 6.59. The Bertz CT molecular complexity index is 856. The first-order valence-corrected chi connectivity index (χ1v) is 16.6. The van der Waals surface area contributed by atoms with Crippen molar-refractivity contribution in [1.29, 1.82) is 0 Å². The number of aliphatic hydroxyl groups excluding tert-OH is 1. The van der Waals surface area contributed by atoms with Crippen molar-refractivity contribution >= 4 is 23.6 Å². The maximum atomic E-state index is 13.8. The average molecular weight is 594 g/mol. The van der Waals surface area contributed by atoms with Gasteiger partial charge < -0.3 is 21.1 Å². The molecule has 0 aromatic carbocycles. The summed E-state index contributed by atoms with van der Waals surface area (Å²) in [6.45, 7) is 11.8. The van der Waals surface area contributed by atoms with Crippen LogP contribution in [-0.4, -0.2) is 77.0 Å². The van der Waals surface area contributed by atoms with Gasteiger partial charge in [-0.25, -0.2) is 5.01 Å². The van der Waals surface area contributed by atoms with E-state index in [1.807, 2.05) is 39.5 Å². The summed E-state index contributed by atoms with van der Waals surface area (Å²) in [6.07, 6.45) is 8.92. The van der Waals surface area contributed by atoms with Crippen LogP contribution in [0.2, 0.25) is 0 Å². The van der Waals surface area contributed by atoms with Crippen molar-refractivity contribution in [3.63, 3.8) is 0 Å². The van der Waals surface area contributed by atoms with E-state index in [2.05, 4.69) is 10.7 Å². The Labute approximate surface area is 253 Å². The van der Waals surface area contributed by atoms with Crippen LogP contribution in [0.1, 0.15) is 112 Å². The lowest BCUT2D eigenvalue weighted by atomic mass is 9.73. The van der Waals surface area contributed by atoms with Crippen LogP contribution in [0, 0.1) is 29.6 Å². The van der Waals surface area contributed by atoms with Crippen LogP contribution in [-0.2, 0) is 19.2 Å². The highest BCUT2D eigenvalue weighted by atomic mass is 16.3. The first kappa shape index (κ1) is 36.0. The molecule has 0 spiro atoms. The molecule has 0 aliphatic heterocycles. The topological polar surface area (TPSA) is 145 Å². The summed E-state index contributed by atoms with van der Waals surface area (Å²) in [5, 5.41) is 16.4. The zero-order valence-electron chi connectivity index (χ0n) is 26.9. The third kappa shape index (κ3) is 11.5. The molecule has 2 saturated carbocycles. The van der Waals surface area contributed by atoms with Gasteiger partial charge in [-0.05, 0) is 50.9 Å². The third-order valence-electron chi connectivity index (χ3n) is 8.93. The van der Waals surface area contributed by atoms with Gasteiger partial charge in [0.25, 0.3) is 0 Å². The van der Waals surface area contributed by atoms with Crippen molar-refractivity contribution < 1.29 is 24.3 Å². The lowest BCUT2D eigenvalue weighted by molar-refractivity contribution is -0.141. The summed E-state index contributed by atoms with van der Waals surface area (Å²) in [5.74, 6) is -2.12. The Morgan fingerprint density at radius 1 is 0.857 bits per heavy atom. The standard InChI is InChI=1S/C32H59N5O5/c1-6-14-36(15-7-2)32(42)26-19-24(29(33)39)18-25(20-26)31(41)34-27(17-23-12-10-9-11-13-23)28(38)21-37(16-8-3)35-30(40)22(4)5/h22-28,38H,6-21H2,1-5H3,(H2,33,39)(H,34,41)(H,35,40). The summed E-state index contributed by atoms with van der Waals surface area (Å²) in [7, 11) is 0. The number of amides is 4. The molecule has 0 heterocycles. The van der Waals surface area contributed by atoms with Crippen LogP contribution in [0.3, 0.4) is 0 Å². The number of primary amides is 1. The Hall–Kier alpha value is -2.20. The average Bonchev–Trinajstić information content (AvgIpc) is 2.96. The molecule has 0 aromatic heterocycles. The zero-order valence-corrected chi connectivity index (χ0v) is 26.9. The predicted molar refractivity (Wildman–Crippen MR) is 165 cm³/mol. The number of nitrogens with one attached hydrogen (secondary N) is 2. The highest BCUT2D eigenvalue weighted by molar-refractivity contribution is 5.85. The van der Waals surface area contributed by atoms with Gasteiger partial charge in [-0.2, -0.15) is 0 Å². The van der Waals surface area contributed by atoms with Crippen LogP contribution in [0.4, 0.5) is 0 Å². The number of hydrogen-bond acceptors (Lipinski definition) is 6. The molecule has 0 saturated heterocycles. The molecule has 5 N–H and O–H groups in total. The van der Waals surface area contributed by atoms with Crippen molar-refractivity contribution in [3.8, 4) is 0 Å². The van der Waals surface area contributed by atoms with E-state index < -0.39 is 35.8 Å². The molecule has 0 aromatic rings. The van der Waals surface area contributed by atoms with Crippen LogP contribution < -0.4 is 16.5 Å². The van der Waals surface area contributed by atoms with Gasteiger partial charge in [0.05, 0.1) is 12.1 Å². The van der Waals surface area contributed by atoms with E-state index in [-0.39, 0.29) is 30.2 Å². The summed E-state index contributed by atoms with van der Waals surface area (Å²) < 4.78 is 0. The summed E-state index contributed by atoms with van der Waals surface area (Å²) in [4.78, 5) is 53.9. The van der Waals surface area contributed by atoms with Gasteiger partial charge in [0.1, 0.15) is 0 Å².